The number of aromatic nitrogens is 4. The number of likely N-dealkylation sites (N-methyl/N-ethyl adjacent to an activating group) is 1. The molecule has 31 heavy (non-hydrogen) atoms. The third kappa shape index (κ3) is 4.14. The molecule has 0 bridgehead atoms. The van der Waals surface area contributed by atoms with Crippen molar-refractivity contribution < 1.29 is 9.18 Å². The molecule has 1 fully saturated rings. The minimum atomic E-state index is -0.235. The summed E-state index contributed by atoms with van der Waals surface area (Å²) in [6.07, 6.45) is 9.00. The van der Waals surface area contributed by atoms with Gasteiger partial charge < -0.3 is 9.80 Å². The van der Waals surface area contributed by atoms with Crippen LogP contribution in [0.4, 0.5) is 15.9 Å². The summed E-state index contributed by atoms with van der Waals surface area (Å²) in [5.41, 5.74) is 2.89. The third-order valence-electron chi connectivity index (χ3n) is 5.88. The first-order chi connectivity index (χ1) is 14.6. The van der Waals surface area contributed by atoms with Crippen LogP contribution < -0.4 is 9.80 Å². The second-order valence-electron chi connectivity index (χ2n) is 7.92. The van der Waals surface area contributed by atoms with Gasteiger partial charge in [-0.25, -0.2) is 14.4 Å². The molecule has 4 heterocycles. The number of fused-ring (bicyclic) bond motifs is 3. The van der Waals surface area contributed by atoms with E-state index in [0.717, 1.165) is 54.3 Å². The molecule has 1 atom stereocenters. The Labute approximate surface area is 187 Å². The fourth-order valence-corrected chi connectivity index (χ4v) is 4.24. The van der Waals surface area contributed by atoms with E-state index in [0.29, 0.717) is 13.0 Å². The Balaban J connectivity index is 0.00000231. The number of carbonyl (C=O) groups excluding carboxylic acids is 1. The summed E-state index contributed by atoms with van der Waals surface area (Å²) in [6.45, 7) is 1.47. The number of amides is 1. The largest absolute Gasteiger partial charge is 0.343 e. The molecule has 7 nitrogen and oxygen atoms in total. The van der Waals surface area contributed by atoms with Gasteiger partial charge in [0.25, 0.3) is 0 Å². The van der Waals surface area contributed by atoms with Gasteiger partial charge in [0.15, 0.2) is 5.82 Å². The van der Waals surface area contributed by atoms with E-state index < -0.39 is 0 Å². The fourth-order valence-electron chi connectivity index (χ4n) is 4.24. The minimum Gasteiger partial charge on any atom is -0.343 e. The first-order valence-electron chi connectivity index (χ1n) is 10.2. The highest BCUT2D eigenvalue weighted by Crippen LogP contribution is 2.37. The maximum Gasteiger partial charge on any atom is 0.249 e. The summed E-state index contributed by atoms with van der Waals surface area (Å²) in [5, 5.41) is 4.41. The molecule has 2 aromatic heterocycles. The lowest BCUT2D eigenvalue weighted by molar-refractivity contribution is -0.119. The normalized spacial score (nSPS) is 17.4. The quantitative estimate of drug-likeness (QED) is 0.610. The Morgan fingerprint density at radius 3 is 2.74 bits per heavy atom. The number of nitrogens with zero attached hydrogens (tertiary/aromatic N) is 6. The van der Waals surface area contributed by atoms with Crippen molar-refractivity contribution in [3.05, 3.63) is 65.6 Å². The fraction of sp³-hybridized carbons (Fsp3) is 0.364. The zero-order chi connectivity index (χ0) is 20.7. The zero-order valence-electron chi connectivity index (χ0n) is 17.3. The van der Waals surface area contributed by atoms with Crippen LogP contribution in [0.5, 0.6) is 0 Å². The summed E-state index contributed by atoms with van der Waals surface area (Å²) < 4.78 is 14.9. The molecule has 1 amide bonds. The van der Waals surface area contributed by atoms with Crippen molar-refractivity contribution in [1.29, 1.82) is 0 Å². The molecule has 9 heteroatoms. The standard InChI is InChI=1S/C22H23FN6O.H2S/c1-27-19-12-24-20(26-21(19)29-10-2-3-18(29)22(27)30)9-6-16-11-25-28(14-16)13-15-4-7-17(23)8-5-15;/h4-5,7-8,11-12,14,18H,2-3,6,9-10,13H2,1H3;1H2/t18-;/m0./s1. The first-order valence-corrected chi connectivity index (χ1v) is 10.2. The first kappa shape index (κ1) is 21.3. The summed E-state index contributed by atoms with van der Waals surface area (Å²) in [4.78, 5) is 25.6. The average molecular weight is 441 g/mol. The lowest BCUT2D eigenvalue weighted by atomic mass is 10.1. The molecule has 5 rings (SSSR count). The van der Waals surface area contributed by atoms with Gasteiger partial charge in [-0.15, -0.1) is 0 Å². The van der Waals surface area contributed by atoms with Gasteiger partial charge in [-0.05, 0) is 42.5 Å². The van der Waals surface area contributed by atoms with Gasteiger partial charge >= 0.3 is 0 Å². The van der Waals surface area contributed by atoms with Crippen molar-refractivity contribution in [3.8, 4) is 0 Å². The average Bonchev–Trinajstić information content (AvgIpc) is 3.42. The molecule has 0 unspecified atom stereocenters. The highest BCUT2D eigenvalue weighted by molar-refractivity contribution is 7.59. The number of hydrogen-bond donors (Lipinski definition) is 0. The number of anilines is 2. The molecular formula is C22H25FN6OS. The van der Waals surface area contributed by atoms with Crippen molar-refractivity contribution in [1.82, 2.24) is 19.7 Å². The summed E-state index contributed by atoms with van der Waals surface area (Å²) in [5.74, 6) is 1.54. The van der Waals surface area contributed by atoms with Crippen LogP contribution in [-0.2, 0) is 24.2 Å². The van der Waals surface area contributed by atoms with Gasteiger partial charge in [0.1, 0.15) is 23.4 Å². The van der Waals surface area contributed by atoms with Crippen LogP contribution in [0.15, 0.2) is 42.9 Å². The maximum absolute atomic E-state index is 13.1. The summed E-state index contributed by atoms with van der Waals surface area (Å²) in [6, 6.07) is 6.37. The Bertz CT molecular complexity index is 1090. The van der Waals surface area contributed by atoms with Crippen LogP contribution in [0.2, 0.25) is 0 Å². The van der Waals surface area contributed by atoms with E-state index in [-0.39, 0.29) is 31.3 Å². The van der Waals surface area contributed by atoms with Crippen molar-refractivity contribution >= 4 is 30.9 Å². The van der Waals surface area contributed by atoms with E-state index in [1.165, 1.54) is 12.1 Å². The van der Waals surface area contributed by atoms with E-state index in [1.54, 1.807) is 30.3 Å². The van der Waals surface area contributed by atoms with E-state index in [2.05, 4.69) is 15.0 Å². The van der Waals surface area contributed by atoms with Gasteiger partial charge in [0, 0.05) is 26.2 Å². The zero-order valence-corrected chi connectivity index (χ0v) is 18.3. The van der Waals surface area contributed by atoms with E-state index >= 15 is 0 Å². The number of halogens is 1. The van der Waals surface area contributed by atoms with Crippen LogP contribution in [0.1, 0.15) is 29.8 Å². The van der Waals surface area contributed by atoms with Crippen LogP contribution in [0, 0.1) is 5.82 Å². The molecule has 3 aromatic rings. The molecule has 2 aliphatic rings. The Morgan fingerprint density at radius 1 is 1.13 bits per heavy atom. The van der Waals surface area contributed by atoms with Gasteiger partial charge in [-0.1, -0.05) is 12.1 Å². The molecule has 0 radical (unpaired) electrons. The number of aryl methyl sites for hydroxylation is 2. The molecule has 0 aliphatic carbocycles. The Morgan fingerprint density at radius 2 is 1.94 bits per heavy atom. The molecular weight excluding hydrogens is 415 g/mol. The van der Waals surface area contributed by atoms with Crippen molar-refractivity contribution in [3.63, 3.8) is 0 Å². The second kappa shape index (κ2) is 8.66. The van der Waals surface area contributed by atoms with Gasteiger partial charge in [0.05, 0.1) is 18.9 Å². The van der Waals surface area contributed by atoms with Crippen molar-refractivity contribution in [2.45, 2.75) is 38.3 Å². The van der Waals surface area contributed by atoms with Gasteiger partial charge in [-0.3, -0.25) is 9.48 Å². The Hall–Kier alpha value is -2.94. The molecule has 1 saturated heterocycles. The van der Waals surface area contributed by atoms with Crippen LogP contribution in [-0.4, -0.2) is 45.3 Å². The smallest absolute Gasteiger partial charge is 0.249 e. The molecule has 0 N–H and O–H groups in total. The highest BCUT2D eigenvalue weighted by Gasteiger charge is 2.40. The highest BCUT2D eigenvalue weighted by atomic mass is 32.1. The molecule has 0 saturated carbocycles. The van der Waals surface area contributed by atoms with E-state index in [9.17, 15) is 9.18 Å². The van der Waals surface area contributed by atoms with Crippen LogP contribution >= 0.6 is 13.5 Å². The number of hydrogen-bond acceptors (Lipinski definition) is 5. The lowest BCUT2D eigenvalue weighted by Crippen LogP contribution is -2.49. The SMILES string of the molecule is CN1C(=O)[C@@H]2CCCN2c2nc(CCc3cnn(Cc4ccc(F)cc4)c3)ncc21.S. The Kier molecular flexibility index (Phi) is 5.95. The van der Waals surface area contributed by atoms with Crippen molar-refractivity contribution in [2.24, 2.45) is 0 Å². The van der Waals surface area contributed by atoms with Crippen molar-refractivity contribution in [2.75, 3.05) is 23.4 Å². The number of carbonyl (C=O) groups is 1. The number of benzene rings is 1. The molecule has 162 valence electrons. The lowest BCUT2D eigenvalue weighted by Gasteiger charge is -2.36. The predicted molar refractivity (Wildman–Crippen MR) is 121 cm³/mol. The van der Waals surface area contributed by atoms with E-state index in [4.69, 9.17) is 4.98 Å². The summed E-state index contributed by atoms with van der Waals surface area (Å²) >= 11 is 0. The molecule has 2 aliphatic heterocycles. The number of rotatable bonds is 5. The topological polar surface area (TPSA) is 67.2 Å². The molecule has 0 spiro atoms. The monoisotopic (exact) mass is 440 g/mol. The minimum absolute atomic E-state index is 0. The predicted octanol–water partition coefficient (Wildman–Crippen LogP) is 2.70. The van der Waals surface area contributed by atoms with Gasteiger partial charge in [0.2, 0.25) is 5.91 Å². The van der Waals surface area contributed by atoms with Gasteiger partial charge in [-0.2, -0.15) is 18.6 Å². The van der Waals surface area contributed by atoms with Crippen LogP contribution in [0.3, 0.4) is 0 Å². The second-order valence-corrected chi connectivity index (χ2v) is 7.92. The van der Waals surface area contributed by atoms with Crippen LogP contribution in [0.25, 0.3) is 0 Å². The van der Waals surface area contributed by atoms with E-state index in [1.807, 2.05) is 17.1 Å². The maximum atomic E-state index is 13.1. The third-order valence-corrected chi connectivity index (χ3v) is 5.88. The molecule has 1 aromatic carbocycles. The summed E-state index contributed by atoms with van der Waals surface area (Å²) in [7, 11) is 1.80.